The Morgan fingerprint density at radius 3 is 3.14 bits per heavy atom. The Bertz CT molecular complexity index is 420. The summed E-state index contributed by atoms with van der Waals surface area (Å²) in [6.07, 6.45) is 5.49. The maximum Gasteiger partial charge on any atom is 0.274 e. The first-order valence-corrected chi connectivity index (χ1v) is 4.77. The number of aromatic nitrogens is 2. The molecular weight excluding hydrogens is 178 g/mol. The summed E-state index contributed by atoms with van der Waals surface area (Å²) in [5.41, 5.74) is 1.65. The topological polar surface area (TPSA) is 46.9 Å². The molecule has 0 aromatic carbocycles. The smallest absolute Gasteiger partial charge is 0.274 e. The van der Waals surface area contributed by atoms with Gasteiger partial charge >= 0.3 is 0 Å². The van der Waals surface area contributed by atoms with E-state index in [1.54, 1.807) is 19.2 Å². The summed E-state index contributed by atoms with van der Waals surface area (Å²) < 4.78 is 1.47. The highest BCUT2D eigenvalue weighted by Crippen LogP contribution is 2.10. The number of aryl methyl sites for hydroxylation is 1. The summed E-state index contributed by atoms with van der Waals surface area (Å²) in [6.45, 7) is 2.78. The van der Waals surface area contributed by atoms with Gasteiger partial charge in [-0.2, -0.15) is 9.78 Å². The molecule has 4 heteroatoms. The van der Waals surface area contributed by atoms with Crippen molar-refractivity contribution in [1.82, 2.24) is 15.1 Å². The summed E-state index contributed by atoms with van der Waals surface area (Å²) in [6, 6.07) is 1.73. The van der Waals surface area contributed by atoms with Crippen molar-refractivity contribution in [1.29, 1.82) is 0 Å². The van der Waals surface area contributed by atoms with Gasteiger partial charge in [-0.25, -0.2) is 0 Å². The Balaban J connectivity index is 2.46. The fraction of sp³-hybridized carbons (Fsp3) is 0.400. The van der Waals surface area contributed by atoms with Crippen LogP contribution in [0.3, 0.4) is 0 Å². The predicted octanol–water partition coefficient (Wildman–Crippen LogP) is 0.734. The van der Waals surface area contributed by atoms with E-state index >= 15 is 0 Å². The van der Waals surface area contributed by atoms with Crippen LogP contribution in [0.15, 0.2) is 23.3 Å². The van der Waals surface area contributed by atoms with Crippen LogP contribution >= 0.6 is 0 Å². The zero-order valence-electron chi connectivity index (χ0n) is 8.16. The number of hydrogen-bond acceptors (Lipinski definition) is 3. The molecule has 0 amide bonds. The van der Waals surface area contributed by atoms with Crippen LogP contribution in [0.5, 0.6) is 0 Å². The van der Waals surface area contributed by atoms with Crippen LogP contribution in [0, 0.1) is 6.92 Å². The Morgan fingerprint density at radius 1 is 1.57 bits per heavy atom. The summed E-state index contributed by atoms with van der Waals surface area (Å²) in [4.78, 5) is 11.7. The molecule has 0 bridgehead atoms. The van der Waals surface area contributed by atoms with Gasteiger partial charge in [-0.05, 0) is 25.8 Å². The third-order valence-corrected chi connectivity index (χ3v) is 2.33. The van der Waals surface area contributed by atoms with Crippen molar-refractivity contribution in [3.05, 3.63) is 34.4 Å². The van der Waals surface area contributed by atoms with Gasteiger partial charge in [0, 0.05) is 24.5 Å². The van der Waals surface area contributed by atoms with Crippen LogP contribution in [-0.4, -0.2) is 16.3 Å². The van der Waals surface area contributed by atoms with Gasteiger partial charge in [-0.3, -0.25) is 4.79 Å². The van der Waals surface area contributed by atoms with Crippen molar-refractivity contribution in [3.63, 3.8) is 0 Å². The molecule has 74 valence electrons. The maximum absolute atomic E-state index is 11.7. The van der Waals surface area contributed by atoms with Crippen molar-refractivity contribution in [2.45, 2.75) is 19.8 Å². The average molecular weight is 191 g/mol. The van der Waals surface area contributed by atoms with Crippen molar-refractivity contribution in [2.24, 2.45) is 0 Å². The molecule has 2 heterocycles. The molecule has 0 spiro atoms. The first-order valence-electron chi connectivity index (χ1n) is 4.77. The fourth-order valence-corrected chi connectivity index (χ4v) is 1.51. The lowest BCUT2D eigenvalue weighted by molar-refractivity contribution is 0.679. The lowest BCUT2D eigenvalue weighted by Gasteiger charge is -2.14. The largest absolute Gasteiger partial charge is 0.389 e. The van der Waals surface area contributed by atoms with Crippen LogP contribution < -0.4 is 10.9 Å². The first kappa shape index (κ1) is 8.99. The molecule has 0 saturated carbocycles. The van der Waals surface area contributed by atoms with E-state index in [4.69, 9.17) is 0 Å². The minimum atomic E-state index is -0.0255. The van der Waals surface area contributed by atoms with Crippen LogP contribution in [0.2, 0.25) is 0 Å². The lowest BCUT2D eigenvalue weighted by atomic mass is 10.2. The SMILES string of the molecule is Cc1ccnn(C2=CNCCC2)c1=O. The highest BCUT2D eigenvalue weighted by atomic mass is 16.1. The quantitative estimate of drug-likeness (QED) is 0.712. The van der Waals surface area contributed by atoms with Gasteiger partial charge in [0.2, 0.25) is 0 Å². The number of nitrogens with zero attached hydrogens (tertiary/aromatic N) is 2. The van der Waals surface area contributed by atoms with Crippen LogP contribution in [0.4, 0.5) is 0 Å². The number of hydrogen-bond donors (Lipinski definition) is 1. The zero-order chi connectivity index (χ0) is 9.97. The fourth-order valence-electron chi connectivity index (χ4n) is 1.51. The van der Waals surface area contributed by atoms with Crippen LogP contribution in [-0.2, 0) is 0 Å². The summed E-state index contributed by atoms with van der Waals surface area (Å²) >= 11 is 0. The second kappa shape index (κ2) is 3.65. The minimum Gasteiger partial charge on any atom is -0.389 e. The molecule has 0 aliphatic carbocycles. The molecule has 0 atom stereocenters. The summed E-state index contributed by atoms with van der Waals surface area (Å²) in [5, 5.41) is 7.18. The van der Waals surface area contributed by atoms with E-state index in [0.717, 1.165) is 30.6 Å². The summed E-state index contributed by atoms with van der Waals surface area (Å²) in [5.74, 6) is 0. The molecular formula is C10H13N3O. The number of nitrogens with one attached hydrogen (secondary N) is 1. The third-order valence-electron chi connectivity index (χ3n) is 2.33. The Morgan fingerprint density at radius 2 is 2.43 bits per heavy atom. The second-order valence-electron chi connectivity index (χ2n) is 3.42. The maximum atomic E-state index is 11.7. The van der Waals surface area contributed by atoms with E-state index in [0.29, 0.717) is 0 Å². The van der Waals surface area contributed by atoms with Crippen molar-refractivity contribution in [2.75, 3.05) is 6.54 Å². The lowest BCUT2D eigenvalue weighted by Crippen LogP contribution is -2.27. The van der Waals surface area contributed by atoms with Crippen LogP contribution in [0.25, 0.3) is 5.70 Å². The molecule has 1 aromatic rings. The van der Waals surface area contributed by atoms with E-state index in [1.807, 2.05) is 6.20 Å². The molecule has 1 aliphatic heterocycles. The summed E-state index contributed by atoms with van der Waals surface area (Å²) in [7, 11) is 0. The molecule has 0 fully saturated rings. The van der Waals surface area contributed by atoms with Crippen molar-refractivity contribution >= 4 is 5.70 Å². The van der Waals surface area contributed by atoms with Gasteiger partial charge in [0.05, 0.1) is 5.70 Å². The van der Waals surface area contributed by atoms with Crippen molar-refractivity contribution in [3.8, 4) is 0 Å². The van der Waals surface area contributed by atoms with Gasteiger partial charge in [0.15, 0.2) is 0 Å². The highest BCUT2D eigenvalue weighted by molar-refractivity contribution is 5.44. The van der Waals surface area contributed by atoms with Crippen molar-refractivity contribution < 1.29 is 0 Å². The Hall–Kier alpha value is -1.58. The normalized spacial score (nSPS) is 15.9. The molecule has 14 heavy (non-hydrogen) atoms. The highest BCUT2D eigenvalue weighted by Gasteiger charge is 2.08. The van der Waals surface area contributed by atoms with E-state index in [1.165, 1.54) is 4.68 Å². The average Bonchev–Trinajstić information content (AvgIpc) is 2.23. The predicted molar refractivity (Wildman–Crippen MR) is 54.7 cm³/mol. The first-order chi connectivity index (χ1) is 6.79. The third kappa shape index (κ3) is 1.55. The molecule has 0 radical (unpaired) electrons. The molecule has 4 nitrogen and oxygen atoms in total. The van der Waals surface area contributed by atoms with Gasteiger partial charge in [0.1, 0.15) is 0 Å². The number of rotatable bonds is 1. The monoisotopic (exact) mass is 191 g/mol. The minimum absolute atomic E-state index is 0.0255. The molecule has 1 N–H and O–H groups in total. The Kier molecular flexibility index (Phi) is 2.35. The number of allylic oxidation sites excluding steroid dienone is 1. The van der Waals surface area contributed by atoms with Gasteiger partial charge < -0.3 is 5.32 Å². The Labute approximate surface area is 82.3 Å². The van der Waals surface area contributed by atoms with E-state index in [-0.39, 0.29) is 5.56 Å². The molecule has 2 rings (SSSR count). The second-order valence-corrected chi connectivity index (χ2v) is 3.42. The van der Waals surface area contributed by atoms with Crippen LogP contribution in [0.1, 0.15) is 18.4 Å². The van der Waals surface area contributed by atoms with E-state index < -0.39 is 0 Å². The van der Waals surface area contributed by atoms with E-state index in [2.05, 4.69) is 10.4 Å². The molecule has 1 aliphatic rings. The van der Waals surface area contributed by atoms with Gasteiger partial charge in [0.25, 0.3) is 5.56 Å². The molecule has 0 unspecified atom stereocenters. The zero-order valence-corrected chi connectivity index (χ0v) is 8.16. The molecule has 1 aromatic heterocycles. The van der Waals surface area contributed by atoms with E-state index in [9.17, 15) is 4.79 Å². The van der Waals surface area contributed by atoms with Gasteiger partial charge in [-0.1, -0.05) is 0 Å². The standard InChI is InChI=1S/C10H13N3O/c1-8-4-6-12-13(10(8)14)9-3-2-5-11-7-9/h4,6-7,11H,2-3,5H2,1H3. The van der Waals surface area contributed by atoms with Gasteiger partial charge in [-0.15, -0.1) is 0 Å². The molecule has 0 saturated heterocycles.